The van der Waals surface area contributed by atoms with Gasteiger partial charge in [0.1, 0.15) is 12.2 Å². The number of aryl methyl sites for hydroxylation is 1. The number of aromatic nitrogens is 2. The molecular formula is C17H14ClN3O3S. The molecule has 0 atom stereocenters. The molecule has 6 nitrogen and oxygen atoms in total. The van der Waals surface area contributed by atoms with Gasteiger partial charge in [0.25, 0.3) is 11.5 Å². The van der Waals surface area contributed by atoms with Gasteiger partial charge in [0.05, 0.1) is 5.69 Å². The van der Waals surface area contributed by atoms with Crippen molar-refractivity contribution >= 4 is 34.0 Å². The van der Waals surface area contributed by atoms with Gasteiger partial charge >= 0.3 is 0 Å². The summed E-state index contributed by atoms with van der Waals surface area (Å²) in [7, 11) is 0. The lowest BCUT2D eigenvalue weighted by molar-refractivity contribution is 0.0864. The van der Waals surface area contributed by atoms with Crippen LogP contribution in [0.5, 0.6) is 0 Å². The number of halogens is 1. The van der Waals surface area contributed by atoms with Gasteiger partial charge < -0.3 is 4.84 Å². The highest BCUT2D eigenvalue weighted by Gasteiger charge is 2.14. The molecule has 0 bridgehead atoms. The zero-order valence-electron chi connectivity index (χ0n) is 13.2. The zero-order valence-corrected chi connectivity index (χ0v) is 14.8. The molecule has 8 heteroatoms. The molecular weight excluding hydrogens is 362 g/mol. The van der Waals surface area contributed by atoms with Gasteiger partial charge in [-0.25, -0.2) is 4.98 Å². The predicted octanol–water partition coefficient (Wildman–Crippen LogP) is 3.15. The number of nitrogens with zero attached hydrogens (tertiary/aromatic N) is 2. The fourth-order valence-corrected chi connectivity index (χ4v) is 2.95. The first-order valence-electron chi connectivity index (χ1n) is 7.36. The second kappa shape index (κ2) is 7.50. The highest BCUT2D eigenvalue weighted by molar-refractivity contribution is 7.13. The number of benzene rings is 1. The Kier molecular flexibility index (Phi) is 5.16. The SMILES string of the molecule is Cc1csc(NC(=O)c2cccn(OCc3ccccc3Cl)c2=O)n1. The van der Waals surface area contributed by atoms with E-state index in [9.17, 15) is 9.59 Å². The molecule has 2 heterocycles. The van der Waals surface area contributed by atoms with Crippen LogP contribution in [0.1, 0.15) is 21.6 Å². The third-order valence-corrected chi connectivity index (χ3v) is 4.56. The lowest BCUT2D eigenvalue weighted by Crippen LogP contribution is -2.32. The summed E-state index contributed by atoms with van der Waals surface area (Å²) in [5.41, 5.74) is 0.952. The van der Waals surface area contributed by atoms with Crippen molar-refractivity contribution in [3.63, 3.8) is 0 Å². The van der Waals surface area contributed by atoms with Gasteiger partial charge in [0.2, 0.25) is 0 Å². The Morgan fingerprint density at radius 2 is 2.12 bits per heavy atom. The van der Waals surface area contributed by atoms with Gasteiger partial charge in [-0.1, -0.05) is 29.8 Å². The molecule has 0 fully saturated rings. The number of amides is 1. The van der Waals surface area contributed by atoms with Crippen molar-refractivity contribution in [3.05, 3.63) is 80.2 Å². The topological polar surface area (TPSA) is 73.2 Å². The molecule has 25 heavy (non-hydrogen) atoms. The summed E-state index contributed by atoms with van der Waals surface area (Å²) in [4.78, 5) is 34.4. The first kappa shape index (κ1) is 17.2. The summed E-state index contributed by atoms with van der Waals surface area (Å²) >= 11 is 7.36. The van der Waals surface area contributed by atoms with E-state index in [0.29, 0.717) is 10.2 Å². The van der Waals surface area contributed by atoms with Crippen molar-refractivity contribution in [1.29, 1.82) is 0 Å². The van der Waals surface area contributed by atoms with E-state index >= 15 is 0 Å². The highest BCUT2D eigenvalue weighted by atomic mass is 35.5. The van der Waals surface area contributed by atoms with Gasteiger partial charge in [0.15, 0.2) is 5.13 Å². The monoisotopic (exact) mass is 375 g/mol. The average Bonchev–Trinajstić information content (AvgIpc) is 3.00. The van der Waals surface area contributed by atoms with E-state index in [1.807, 2.05) is 24.4 Å². The van der Waals surface area contributed by atoms with Crippen LogP contribution in [0.4, 0.5) is 5.13 Å². The quantitative estimate of drug-likeness (QED) is 0.743. The minimum Gasteiger partial charge on any atom is -0.406 e. The lowest BCUT2D eigenvalue weighted by Gasteiger charge is -2.10. The summed E-state index contributed by atoms with van der Waals surface area (Å²) in [6, 6.07) is 10.2. The van der Waals surface area contributed by atoms with Crippen molar-refractivity contribution in [3.8, 4) is 0 Å². The number of thiazole rings is 1. The number of rotatable bonds is 5. The molecule has 128 valence electrons. The first-order chi connectivity index (χ1) is 12.0. The molecule has 1 amide bonds. The Morgan fingerprint density at radius 3 is 2.84 bits per heavy atom. The molecule has 0 spiro atoms. The van der Waals surface area contributed by atoms with Crippen molar-refractivity contribution < 1.29 is 9.63 Å². The highest BCUT2D eigenvalue weighted by Crippen LogP contribution is 2.16. The van der Waals surface area contributed by atoms with E-state index in [1.54, 1.807) is 18.2 Å². The summed E-state index contributed by atoms with van der Waals surface area (Å²) < 4.78 is 1.02. The van der Waals surface area contributed by atoms with Crippen LogP contribution in [-0.2, 0) is 6.61 Å². The van der Waals surface area contributed by atoms with Crippen LogP contribution in [-0.4, -0.2) is 15.6 Å². The number of hydrogen-bond acceptors (Lipinski definition) is 5. The zero-order chi connectivity index (χ0) is 17.8. The summed E-state index contributed by atoms with van der Waals surface area (Å²) in [5.74, 6) is -0.532. The van der Waals surface area contributed by atoms with Gasteiger partial charge in [0, 0.05) is 22.2 Å². The van der Waals surface area contributed by atoms with Crippen molar-refractivity contribution in [2.45, 2.75) is 13.5 Å². The molecule has 3 rings (SSSR count). The van der Waals surface area contributed by atoms with Crippen molar-refractivity contribution in [1.82, 2.24) is 9.71 Å². The Balaban J connectivity index is 1.76. The molecule has 0 radical (unpaired) electrons. The number of hydrogen-bond donors (Lipinski definition) is 1. The number of carbonyl (C=O) groups excluding carboxylic acids is 1. The van der Waals surface area contributed by atoms with Crippen LogP contribution in [0.3, 0.4) is 0 Å². The maximum Gasteiger partial charge on any atom is 0.295 e. The molecule has 0 saturated carbocycles. The molecule has 1 aromatic carbocycles. The maximum atomic E-state index is 12.4. The van der Waals surface area contributed by atoms with Crippen LogP contribution in [0, 0.1) is 6.92 Å². The normalized spacial score (nSPS) is 10.5. The van der Waals surface area contributed by atoms with E-state index in [0.717, 1.165) is 16.0 Å². The van der Waals surface area contributed by atoms with E-state index in [-0.39, 0.29) is 12.2 Å². The Labute approximate surface area is 152 Å². The molecule has 1 N–H and O–H groups in total. The van der Waals surface area contributed by atoms with E-state index in [2.05, 4.69) is 10.3 Å². The first-order valence-corrected chi connectivity index (χ1v) is 8.62. The van der Waals surface area contributed by atoms with Gasteiger partial charge in [-0.3, -0.25) is 14.9 Å². The number of pyridine rings is 1. The number of anilines is 1. The molecule has 0 aliphatic rings. The van der Waals surface area contributed by atoms with Crippen LogP contribution in [0.15, 0.2) is 52.8 Å². The molecule has 0 unspecified atom stereocenters. The number of carbonyl (C=O) groups is 1. The van der Waals surface area contributed by atoms with Gasteiger partial charge in [-0.2, -0.15) is 4.73 Å². The lowest BCUT2D eigenvalue weighted by atomic mass is 10.2. The minimum atomic E-state index is -0.555. The van der Waals surface area contributed by atoms with Gasteiger partial charge in [-0.15, -0.1) is 11.3 Å². The fraction of sp³-hybridized carbons (Fsp3) is 0.118. The third kappa shape index (κ3) is 4.07. The standard InChI is InChI=1S/C17H14ClN3O3S/c1-11-10-25-17(19-11)20-15(22)13-6-4-8-21(16(13)23)24-9-12-5-2-3-7-14(12)18/h2-8,10H,9H2,1H3,(H,19,20,22). The van der Waals surface area contributed by atoms with Gasteiger partial charge in [-0.05, 0) is 25.1 Å². The minimum absolute atomic E-state index is 0.0329. The Bertz CT molecular complexity index is 968. The van der Waals surface area contributed by atoms with E-state index < -0.39 is 11.5 Å². The average molecular weight is 376 g/mol. The van der Waals surface area contributed by atoms with Crippen LogP contribution < -0.4 is 15.7 Å². The molecule has 0 aliphatic heterocycles. The number of nitrogens with one attached hydrogen (secondary N) is 1. The van der Waals surface area contributed by atoms with Crippen molar-refractivity contribution in [2.75, 3.05) is 5.32 Å². The predicted molar refractivity (Wildman–Crippen MR) is 97.2 cm³/mol. The fourth-order valence-electron chi connectivity index (χ4n) is 2.08. The molecule has 0 saturated heterocycles. The Morgan fingerprint density at radius 1 is 1.32 bits per heavy atom. The smallest absolute Gasteiger partial charge is 0.295 e. The second-order valence-electron chi connectivity index (χ2n) is 5.17. The van der Waals surface area contributed by atoms with E-state index in [1.165, 1.54) is 23.6 Å². The largest absolute Gasteiger partial charge is 0.406 e. The summed E-state index contributed by atoms with van der Waals surface area (Å²) in [5, 5.41) is 5.40. The Hall–Kier alpha value is -2.64. The molecule has 2 aromatic heterocycles. The van der Waals surface area contributed by atoms with Crippen LogP contribution in [0.25, 0.3) is 0 Å². The van der Waals surface area contributed by atoms with Crippen LogP contribution >= 0.6 is 22.9 Å². The second-order valence-corrected chi connectivity index (χ2v) is 6.43. The maximum absolute atomic E-state index is 12.4. The summed E-state index contributed by atoms with van der Waals surface area (Å²) in [6.07, 6.45) is 1.45. The van der Waals surface area contributed by atoms with Crippen molar-refractivity contribution in [2.24, 2.45) is 0 Å². The third-order valence-electron chi connectivity index (χ3n) is 3.32. The van der Waals surface area contributed by atoms with Crippen LogP contribution in [0.2, 0.25) is 5.02 Å². The molecule has 0 aliphatic carbocycles. The summed E-state index contributed by atoms with van der Waals surface area (Å²) in [6.45, 7) is 1.93. The van der Waals surface area contributed by atoms with E-state index in [4.69, 9.17) is 16.4 Å². The molecule has 3 aromatic rings.